The van der Waals surface area contributed by atoms with Crippen molar-refractivity contribution >= 4 is 0 Å². The van der Waals surface area contributed by atoms with Crippen molar-refractivity contribution in [2.75, 3.05) is 13.2 Å². The molecule has 106 valence electrons. The molecule has 19 heavy (non-hydrogen) atoms. The van der Waals surface area contributed by atoms with Crippen molar-refractivity contribution < 1.29 is 9.47 Å². The number of ether oxygens (including phenoxy) is 2. The molecule has 4 nitrogen and oxygen atoms in total. The summed E-state index contributed by atoms with van der Waals surface area (Å²) < 4.78 is 11.7. The predicted octanol–water partition coefficient (Wildman–Crippen LogP) is 2.55. The predicted molar refractivity (Wildman–Crippen MR) is 75.9 cm³/mol. The average Bonchev–Trinajstić information content (AvgIpc) is 2.48. The van der Waals surface area contributed by atoms with Crippen molar-refractivity contribution in [2.24, 2.45) is 5.84 Å². The maximum Gasteiger partial charge on any atom is 0.124 e. The third-order valence-electron chi connectivity index (χ3n) is 3.48. The van der Waals surface area contributed by atoms with Gasteiger partial charge in [-0.15, -0.1) is 0 Å². The molecule has 0 radical (unpaired) electrons. The van der Waals surface area contributed by atoms with E-state index in [1.807, 2.05) is 18.2 Å². The number of hydrogen-bond acceptors (Lipinski definition) is 4. The van der Waals surface area contributed by atoms with Gasteiger partial charge < -0.3 is 9.47 Å². The highest BCUT2D eigenvalue weighted by atomic mass is 16.5. The molecule has 1 fully saturated rings. The molecule has 2 unspecified atom stereocenters. The van der Waals surface area contributed by atoms with Gasteiger partial charge in [-0.2, -0.15) is 0 Å². The highest BCUT2D eigenvalue weighted by Crippen LogP contribution is 2.31. The number of nitrogens with one attached hydrogen (secondary N) is 1. The van der Waals surface area contributed by atoms with Crippen LogP contribution in [0.4, 0.5) is 0 Å². The van der Waals surface area contributed by atoms with Crippen LogP contribution in [0.25, 0.3) is 0 Å². The molecule has 1 aliphatic heterocycles. The molecule has 0 saturated carbocycles. The van der Waals surface area contributed by atoms with Gasteiger partial charge in [-0.3, -0.25) is 11.3 Å². The summed E-state index contributed by atoms with van der Waals surface area (Å²) in [6.45, 7) is 3.65. The molecule has 0 amide bonds. The fraction of sp³-hybridized carbons (Fsp3) is 0.600. The maximum atomic E-state index is 5.85. The number of rotatable bonds is 6. The third kappa shape index (κ3) is 3.69. The SMILES string of the molecule is CCCOc1ccccc1C(NN)C1CCCCO1. The van der Waals surface area contributed by atoms with Crippen molar-refractivity contribution in [1.29, 1.82) is 0 Å². The Hall–Kier alpha value is -1.10. The smallest absolute Gasteiger partial charge is 0.124 e. The molecule has 2 rings (SSSR count). The van der Waals surface area contributed by atoms with E-state index in [4.69, 9.17) is 15.3 Å². The average molecular weight is 264 g/mol. The molecule has 2 atom stereocenters. The summed E-state index contributed by atoms with van der Waals surface area (Å²) in [6, 6.07) is 8.06. The Morgan fingerprint density at radius 2 is 2.26 bits per heavy atom. The Morgan fingerprint density at radius 3 is 2.95 bits per heavy atom. The third-order valence-corrected chi connectivity index (χ3v) is 3.48. The first kappa shape index (κ1) is 14.3. The van der Waals surface area contributed by atoms with Crippen LogP contribution in [0.3, 0.4) is 0 Å². The molecule has 0 aromatic heterocycles. The zero-order valence-corrected chi connectivity index (χ0v) is 11.6. The van der Waals surface area contributed by atoms with Crippen molar-refractivity contribution in [3.05, 3.63) is 29.8 Å². The van der Waals surface area contributed by atoms with Gasteiger partial charge in [-0.1, -0.05) is 25.1 Å². The van der Waals surface area contributed by atoms with E-state index in [-0.39, 0.29) is 12.1 Å². The molecule has 4 heteroatoms. The second kappa shape index (κ2) is 7.48. The summed E-state index contributed by atoms with van der Waals surface area (Å²) in [5, 5.41) is 0. The zero-order valence-electron chi connectivity index (χ0n) is 11.6. The fourth-order valence-corrected chi connectivity index (χ4v) is 2.51. The molecular weight excluding hydrogens is 240 g/mol. The van der Waals surface area contributed by atoms with Gasteiger partial charge in [0.05, 0.1) is 18.8 Å². The summed E-state index contributed by atoms with van der Waals surface area (Å²) in [7, 11) is 0. The topological polar surface area (TPSA) is 56.5 Å². The van der Waals surface area contributed by atoms with Gasteiger partial charge >= 0.3 is 0 Å². The highest BCUT2D eigenvalue weighted by molar-refractivity contribution is 5.36. The number of para-hydroxylation sites is 1. The van der Waals surface area contributed by atoms with Crippen LogP contribution in [0.15, 0.2) is 24.3 Å². The second-order valence-corrected chi connectivity index (χ2v) is 4.94. The van der Waals surface area contributed by atoms with E-state index in [2.05, 4.69) is 18.4 Å². The molecule has 0 aliphatic carbocycles. The van der Waals surface area contributed by atoms with Crippen molar-refractivity contribution in [3.8, 4) is 5.75 Å². The van der Waals surface area contributed by atoms with E-state index in [0.29, 0.717) is 0 Å². The lowest BCUT2D eigenvalue weighted by atomic mass is 9.95. The Balaban J connectivity index is 2.16. The van der Waals surface area contributed by atoms with E-state index >= 15 is 0 Å². The van der Waals surface area contributed by atoms with Gasteiger partial charge in [-0.05, 0) is 31.7 Å². The summed E-state index contributed by atoms with van der Waals surface area (Å²) in [5.41, 5.74) is 3.99. The van der Waals surface area contributed by atoms with E-state index in [9.17, 15) is 0 Å². The Morgan fingerprint density at radius 1 is 1.42 bits per heavy atom. The van der Waals surface area contributed by atoms with Gasteiger partial charge in [0, 0.05) is 12.2 Å². The van der Waals surface area contributed by atoms with E-state index in [1.165, 1.54) is 6.42 Å². The van der Waals surface area contributed by atoms with Crippen molar-refractivity contribution in [1.82, 2.24) is 5.43 Å². The van der Waals surface area contributed by atoms with Gasteiger partial charge in [0.15, 0.2) is 0 Å². The lowest BCUT2D eigenvalue weighted by Crippen LogP contribution is -2.39. The zero-order chi connectivity index (χ0) is 13.5. The van der Waals surface area contributed by atoms with E-state index in [0.717, 1.165) is 43.8 Å². The van der Waals surface area contributed by atoms with Gasteiger partial charge in [-0.25, -0.2) is 0 Å². The summed E-state index contributed by atoms with van der Waals surface area (Å²) in [6.07, 6.45) is 4.50. The van der Waals surface area contributed by atoms with Crippen LogP contribution in [0, 0.1) is 0 Å². The van der Waals surface area contributed by atoms with Gasteiger partial charge in [0.2, 0.25) is 0 Å². The maximum absolute atomic E-state index is 5.85. The minimum absolute atomic E-state index is 0.00615. The van der Waals surface area contributed by atoms with Gasteiger partial charge in [0.25, 0.3) is 0 Å². The Kier molecular flexibility index (Phi) is 5.63. The molecule has 3 N–H and O–H groups in total. The molecule has 0 bridgehead atoms. The molecule has 1 saturated heterocycles. The van der Waals surface area contributed by atoms with Crippen LogP contribution < -0.4 is 16.0 Å². The standard InChI is InChI=1S/C15H24N2O2/c1-2-10-18-13-8-4-3-7-12(13)15(17-16)14-9-5-6-11-19-14/h3-4,7-8,14-15,17H,2,5-6,9-11,16H2,1H3. The van der Waals surface area contributed by atoms with E-state index in [1.54, 1.807) is 0 Å². The molecule has 1 aliphatic rings. The lowest BCUT2D eigenvalue weighted by Gasteiger charge is -2.31. The summed E-state index contributed by atoms with van der Waals surface area (Å²) in [5.74, 6) is 6.65. The Labute approximate surface area is 115 Å². The monoisotopic (exact) mass is 264 g/mol. The van der Waals surface area contributed by atoms with Crippen LogP contribution >= 0.6 is 0 Å². The molecule has 1 heterocycles. The molecule has 1 aromatic rings. The molecular formula is C15H24N2O2. The molecule has 0 spiro atoms. The van der Waals surface area contributed by atoms with Crippen molar-refractivity contribution in [2.45, 2.75) is 44.8 Å². The van der Waals surface area contributed by atoms with Crippen molar-refractivity contribution in [3.63, 3.8) is 0 Å². The first-order valence-electron chi connectivity index (χ1n) is 7.16. The van der Waals surface area contributed by atoms with Crippen LogP contribution in [-0.4, -0.2) is 19.3 Å². The highest BCUT2D eigenvalue weighted by Gasteiger charge is 2.27. The minimum Gasteiger partial charge on any atom is -0.493 e. The van der Waals surface area contributed by atoms with E-state index < -0.39 is 0 Å². The normalized spacial score (nSPS) is 21.1. The number of benzene rings is 1. The summed E-state index contributed by atoms with van der Waals surface area (Å²) >= 11 is 0. The van der Waals surface area contributed by atoms with Crippen LogP contribution in [0.2, 0.25) is 0 Å². The number of nitrogens with two attached hydrogens (primary N) is 1. The van der Waals surface area contributed by atoms with Crippen LogP contribution in [-0.2, 0) is 4.74 Å². The number of hydrogen-bond donors (Lipinski definition) is 2. The lowest BCUT2D eigenvalue weighted by molar-refractivity contribution is -0.00876. The van der Waals surface area contributed by atoms with Crippen LogP contribution in [0.1, 0.15) is 44.2 Å². The fourth-order valence-electron chi connectivity index (χ4n) is 2.51. The largest absolute Gasteiger partial charge is 0.493 e. The van der Waals surface area contributed by atoms with Gasteiger partial charge in [0.1, 0.15) is 5.75 Å². The number of hydrazine groups is 1. The van der Waals surface area contributed by atoms with Crippen LogP contribution in [0.5, 0.6) is 5.75 Å². The molecule has 1 aromatic carbocycles. The first-order valence-corrected chi connectivity index (χ1v) is 7.16. The minimum atomic E-state index is -0.00615. The quantitative estimate of drug-likeness (QED) is 0.612. The summed E-state index contributed by atoms with van der Waals surface area (Å²) in [4.78, 5) is 0. The second-order valence-electron chi connectivity index (χ2n) is 4.94. The Bertz CT molecular complexity index is 378. The first-order chi connectivity index (χ1) is 9.36.